The third kappa shape index (κ3) is 3.68. The monoisotopic (exact) mass is 342 g/mol. The van der Waals surface area contributed by atoms with Gasteiger partial charge < -0.3 is 14.4 Å². The Morgan fingerprint density at radius 2 is 1.71 bits per heavy atom. The van der Waals surface area contributed by atoms with Crippen LogP contribution in [0.3, 0.4) is 0 Å². The average Bonchev–Trinajstić information content (AvgIpc) is 2.64. The summed E-state index contributed by atoms with van der Waals surface area (Å²) in [6, 6.07) is 3.50. The summed E-state index contributed by atoms with van der Waals surface area (Å²) in [6.45, 7) is 8.87. The Hall–Kier alpha value is -1.31. The number of hydrogen-bond acceptors (Lipinski definition) is 3. The second kappa shape index (κ2) is 6.21. The predicted octanol–water partition coefficient (Wildman–Crippen LogP) is 4.02. The molecule has 0 aliphatic carbocycles. The van der Waals surface area contributed by atoms with Crippen LogP contribution in [0.2, 0.25) is 0 Å². The normalized spacial score (nSPS) is 20.5. The van der Waals surface area contributed by atoms with E-state index in [2.05, 4.69) is 0 Å². The van der Waals surface area contributed by atoms with Crippen LogP contribution in [-0.4, -0.2) is 30.0 Å². The first-order valence-corrected chi connectivity index (χ1v) is 7.72. The van der Waals surface area contributed by atoms with E-state index in [1.54, 1.807) is 13.0 Å². The highest BCUT2D eigenvalue weighted by Crippen LogP contribution is 2.39. The topological polar surface area (TPSA) is 38.7 Å². The molecule has 1 fully saturated rings. The first-order chi connectivity index (χ1) is 10.9. The Bertz CT molecular complexity index is 635. The smallest absolute Gasteiger partial charge is 0.400 e. The molecule has 7 heteroatoms. The summed E-state index contributed by atoms with van der Waals surface area (Å²) in [5, 5.41) is 9.65. The first-order valence-electron chi connectivity index (χ1n) is 7.72. The van der Waals surface area contributed by atoms with Gasteiger partial charge in [-0.05, 0) is 63.4 Å². The van der Waals surface area contributed by atoms with Crippen molar-refractivity contribution in [2.24, 2.45) is 0 Å². The molecule has 132 valence electrons. The summed E-state index contributed by atoms with van der Waals surface area (Å²) in [4.78, 5) is 0. The number of benzene rings is 1. The van der Waals surface area contributed by atoms with Crippen LogP contribution in [0.15, 0.2) is 23.7 Å². The fraction of sp³-hybridized carbons (Fsp3) is 0.529. The minimum atomic E-state index is -4.38. The Morgan fingerprint density at radius 3 is 2.12 bits per heavy atom. The third-order valence-corrected chi connectivity index (χ3v) is 4.68. The van der Waals surface area contributed by atoms with Crippen LogP contribution in [0.5, 0.6) is 0 Å². The SMILES string of the molecule is Cc1cc(C(F)(F)F)ccc1C=C(CO)B1OC(C)(C)C(C)(C)O1. The number of rotatable bonds is 3. The second-order valence-electron chi connectivity index (χ2n) is 7.03. The maximum absolute atomic E-state index is 12.7. The molecule has 1 aliphatic rings. The molecule has 1 N–H and O–H groups in total. The molecule has 3 nitrogen and oxygen atoms in total. The van der Waals surface area contributed by atoms with E-state index in [1.807, 2.05) is 27.7 Å². The number of aliphatic hydroxyl groups is 1. The van der Waals surface area contributed by atoms with Gasteiger partial charge in [0.2, 0.25) is 0 Å². The summed E-state index contributed by atoms with van der Waals surface area (Å²) >= 11 is 0. The molecule has 0 unspecified atom stereocenters. The lowest BCUT2D eigenvalue weighted by atomic mass is 9.77. The lowest BCUT2D eigenvalue weighted by Gasteiger charge is -2.32. The largest absolute Gasteiger partial charge is 0.492 e. The molecule has 0 radical (unpaired) electrons. The number of alkyl halides is 3. The predicted molar refractivity (Wildman–Crippen MR) is 87.3 cm³/mol. The van der Waals surface area contributed by atoms with Gasteiger partial charge in [0.05, 0.1) is 23.4 Å². The number of hydrogen-bond donors (Lipinski definition) is 1. The van der Waals surface area contributed by atoms with Crippen LogP contribution in [-0.2, 0) is 15.5 Å². The van der Waals surface area contributed by atoms with Gasteiger partial charge in [-0.2, -0.15) is 13.2 Å². The first kappa shape index (κ1) is 19.0. The third-order valence-electron chi connectivity index (χ3n) is 4.68. The van der Waals surface area contributed by atoms with Crippen molar-refractivity contribution in [2.75, 3.05) is 6.61 Å². The van der Waals surface area contributed by atoms with Gasteiger partial charge in [-0.1, -0.05) is 12.1 Å². The van der Waals surface area contributed by atoms with Crippen molar-refractivity contribution in [3.63, 3.8) is 0 Å². The van der Waals surface area contributed by atoms with Crippen molar-refractivity contribution >= 4 is 13.2 Å². The van der Waals surface area contributed by atoms with Crippen molar-refractivity contribution in [3.05, 3.63) is 40.4 Å². The molecule has 0 saturated carbocycles. The van der Waals surface area contributed by atoms with Crippen molar-refractivity contribution in [2.45, 2.75) is 52.0 Å². The van der Waals surface area contributed by atoms with E-state index in [4.69, 9.17) is 9.31 Å². The molecule has 1 aromatic rings. The van der Waals surface area contributed by atoms with E-state index >= 15 is 0 Å². The van der Waals surface area contributed by atoms with Crippen LogP contribution in [0.4, 0.5) is 13.2 Å². The maximum atomic E-state index is 12.7. The summed E-state index contributed by atoms with van der Waals surface area (Å²) in [6.07, 6.45) is -2.75. The Morgan fingerprint density at radius 1 is 1.17 bits per heavy atom. The fourth-order valence-electron chi connectivity index (χ4n) is 2.40. The zero-order valence-electron chi connectivity index (χ0n) is 14.5. The summed E-state index contributed by atoms with van der Waals surface area (Å²) < 4.78 is 50.0. The number of aryl methyl sites for hydroxylation is 1. The van der Waals surface area contributed by atoms with Crippen LogP contribution in [0.1, 0.15) is 44.4 Å². The van der Waals surface area contributed by atoms with E-state index in [0.717, 1.165) is 12.1 Å². The lowest BCUT2D eigenvalue weighted by Crippen LogP contribution is -2.41. The molecule has 0 spiro atoms. The fourth-order valence-corrected chi connectivity index (χ4v) is 2.40. The quantitative estimate of drug-likeness (QED) is 0.844. The van der Waals surface area contributed by atoms with Gasteiger partial charge in [0.15, 0.2) is 0 Å². The van der Waals surface area contributed by atoms with Gasteiger partial charge in [-0.25, -0.2) is 0 Å². The molecular weight excluding hydrogens is 320 g/mol. The van der Waals surface area contributed by atoms with Crippen LogP contribution < -0.4 is 0 Å². The van der Waals surface area contributed by atoms with Crippen LogP contribution in [0, 0.1) is 6.92 Å². The van der Waals surface area contributed by atoms with E-state index in [1.165, 1.54) is 6.07 Å². The van der Waals surface area contributed by atoms with Crippen molar-refractivity contribution in [1.29, 1.82) is 0 Å². The molecule has 1 heterocycles. The zero-order chi connectivity index (χ0) is 18.3. The molecule has 0 amide bonds. The average molecular weight is 342 g/mol. The molecule has 1 aromatic carbocycles. The van der Waals surface area contributed by atoms with Gasteiger partial charge in [0.25, 0.3) is 0 Å². The molecular formula is C17H22BF3O3. The highest BCUT2D eigenvalue weighted by atomic mass is 19.4. The molecule has 24 heavy (non-hydrogen) atoms. The number of aliphatic hydroxyl groups excluding tert-OH is 1. The minimum Gasteiger partial charge on any atom is -0.400 e. The van der Waals surface area contributed by atoms with Crippen molar-refractivity contribution in [3.8, 4) is 0 Å². The Balaban J connectivity index is 2.32. The molecule has 2 rings (SSSR count). The molecule has 0 aromatic heterocycles. The zero-order valence-corrected chi connectivity index (χ0v) is 14.5. The van der Waals surface area contributed by atoms with E-state index in [9.17, 15) is 18.3 Å². The summed E-state index contributed by atoms with van der Waals surface area (Å²) in [5.41, 5.74) is -0.286. The van der Waals surface area contributed by atoms with Gasteiger partial charge >= 0.3 is 13.3 Å². The van der Waals surface area contributed by atoms with Gasteiger partial charge in [-0.3, -0.25) is 0 Å². The molecule has 0 atom stereocenters. The van der Waals surface area contributed by atoms with Crippen LogP contribution >= 0.6 is 0 Å². The summed E-state index contributed by atoms with van der Waals surface area (Å²) in [7, 11) is -0.735. The van der Waals surface area contributed by atoms with E-state index < -0.39 is 30.1 Å². The van der Waals surface area contributed by atoms with Crippen LogP contribution in [0.25, 0.3) is 6.08 Å². The Labute approximate surface area is 140 Å². The Kier molecular flexibility index (Phi) is 4.92. The standard InChI is InChI=1S/C17H22BF3O3/c1-11-8-13(17(19,20)21)7-6-12(11)9-14(10-22)18-23-15(2,3)16(4,5)24-18/h6-9,22H,10H2,1-5H3. The van der Waals surface area contributed by atoms with E-state index in [0.29, 0.717) is 16.6 Å². The van der Waals surface area contributed by atoms with Crippen molar-refractivity contribution < 1.29 is 27.6 Å². The van der Waals surface area contributed by atoms with E-state index in [-0.39, 0.29) is 6.61 Å². The highest BCUT2D eigenvalue weighted by Gasteiger charge is 2.52. The molecule has 1 aliphatic heterocycles. The van der Waals surface area contributed by atoms with Crippen molar-refractivity contribution in [1.82, 2.24) is 0 Å². The van der Waals surface area contributed by atoms with Gasteiger partial charge in [0, 0.05) is 0 Å². The minimum absolute atomic E-state index is 0.308. The molecule has 0 bridgehead atoms. The second-order valence-corrected chi connectivity index (χ2v) is 7.03. The maximum Gasteiger partial charge on any atom is 0.492 e. The lowest BCUT2D eigenvalue weighted by molar-refractivity contribution is -0.137. The summed E-state index contributed by atoms with van der Waals surface area (Å²) in [5.74, 6) is 0. The molecule has 1 saturated heterocycles. The van der Waals surface area contributed by atoms with Gasteiger partial charge in [0.1, 0.15) is 0 Å². The van der Waals surface area contributed by atoms with Gasteiger partial charge in [-0.15, -0.1) is 0 Å². The highest BCUT2D eigenvalue weighted by molar-refractivity contribution is 6.55. The number of halogens is 3.